The van der Waals surface area contributed by atoms with Crippen LogP contribution in [0.15, 0.2) is 0 Å². The smallest absolute Gasteiger partial charge is 0.00623 e. The van der Waals surface area contributed by atoms with E-state index in [1.165, 1.54) is 24.6 Å². The van der Waals surface area contributed by atoms with Gasteiger partial charge in [0.2, 0.25) is 0 Å². The molecule has 0 aliphatic rings. The Balaban J connectivity index is 3.78. The second kappa shape index (κ2) is 6.94. The molecule has 0 aliphatic heterocycles. The van der Waals surface area contributed by atoms with Crippen LogP contribution in [0.1, 0.15) is 47.0 Å². The van der Waals surface area contributed by atoms with Crippen molar-refractivity contribution < 1.29 is 0 Å². The van der Waals surface area contributed by atoms with Gasteiger partial charge in [0, 0.05) is 5.33 Å². The molecule has 0 heterocycles. The summed E-state index contributed by atoms with van der Waals surface area (Å²) in [5, 5.41) is 1.17. The molecule has 0 N–H and O–H groups in total. The van der Waals surface area contributed by atoms with E-state index in [1.54, 1.807) is 0 Å². The number of hydrogen-bond donors (Lipinski definition) is 0. The van der Waals surface area contributed by atoms with Gasteiger partial charge in [0.05, 0.1) is 0 Å². The van der Waals surface area contributed by atoms with Gasteiger partial charge in [0.15, 0.2) is 0 Å². The Kier molecular flexibility index (Phi) is 7.22. The maximum atomic E-state index is 3.61. The van der Waals surface area contributed by atoms with E-state index in [2.05, 4.69) is 43.6 Å². The lowest BCUT2D eigenvalue weighted by atomic mass is 9.85. The number of alkyl halides is 1. The average Bonchev–Trinajstić information content (AvgIpc) is 2.00. The van der Waals surface area contributed by atoms with Gasteiger partial charge in [-0.1, -0.05) is 56.5 Å². The molecule has 0 bridgehead atoms. The van der Waals surface area contributed by atoms with Crippen LogP contribution in [0.25, 0.3) is 0 Å². The molecule has 0 saturated carbocycles. The zero-order valence-corrected chi connectivity index (χ0v) is 10.5. The van der Waals surface area contributed by atoms with Crippen LogP contribution in [0, 0.1) is 17.8 Å². The third-order valence-corrected chi connectivity index (χ3v) is 3.35. The molecule has 0 aromatic carbocycles. The summed E-state index contributed by atoms with van der Waals surface area (Å²) in [7, 11) is 0. The maximum Gasteiger partial charge on any atom is 0.00623 e. The van der Waals surface area contributed by atoms with E-state index in [9.17, 15) is 0 Å². The van der Waals surface area contributed by atoms with Crippen LogP contribution in [-0.4, -0.2) is 5.33 Å². The third kappa shape index (κ3) is 5.18. The van der Waals surface area contributed by atoms with E-state index < -0.39 is 0 Å². The highest BCUT2D eigenvalue weighted by Gasteiger charge is 2.16. The number of hydrogen-bond acceptors (Lipinski definition) is 0. The quantitative estimate of drug-likeness (QED) is 0.595. The molecule has 0 aromatic rings. The summed E-state index contributed by atoms with van der Waals surface area (Å²) in [4.78, 5) is 0. The SMILES string of the molecule is CCCC(C)C(CBr)CC(C)C. The first-order chi connectivity index (χ1) is 5.61. The summed E-state index contributed by atoms with van der Waals surface area (Å²) in [6, 6.07) is 0. The van der Waals surface area contributed by atoms with E-state index in [1.807, 2.05) is 0 Å². The molecule has 0 amide bonds. The second-order valence-corrected chi connectivity index (χ2v) is 4.96. The minimum atomic E-state index is 0.840. The van der Waals surface area contributed by atoms with Crippen LogP contribution in [0.5, 0.6) is 0 Å². The molecule has 0 radical (unpaired) electrons. The van der Waals surface area contributed by atoms with Gasteiger partial charge in [-0.15, -0.1) is 0 Å². The molecule has 74 valence electrons. The molecule has 0 aliphatic carbocycles. The molecule has 12 heavy (non-hydrogen) atoms. The van der Waals surface area contributed by atoms with E-state index in [4.69, 9.17) is 0 Å². The summed E-state index contributed by atoms with van der Waals surface area (Å²) < 4.78 is 0. The van der Waals surface area contributed by atoms with Gasteiger partial charge in [-0.3, -0.25) is 0 Å². The predicted octanol–water partition coefficient (Wildman–Crippen LogP) is 4.48. The van der Waals surface area contributed by atoms with Crippen LogP contribution in [0.2, 0.25) is 0 Å². The van der Waals surface area contributed by atoms with Crippen molar-refractivity contribution in [3.05, 3.63) is 0 Å². The van der Waals surface area contributed by atoms with Gasteiger partial charge in [-0.25, -0.2) is 0 Å². The summed E-state index contributed by atoms with van der Waals surface area (Å²) in [6.45, 7) is 9.29. The topological polar surface area (TPSA) is 0 Å². The van der Waals surface area contributed by atoms with Gasteiger partial charge in [-0.05, 0) is 24.2 Å². The zero-order chi connectivity index (χ0) is 9.56. The molecular formula is C11H23Br. The van der Waals surface area contributed by atoms with Crippen LogP contribution < -0.4 is 0 Å². The molecule has 0 saturated heterocycles. The van der Waals surface area contributed by atoms with E-state index in [-0.39, 0.29) is 0 Å². The Bertz CT molecular complexity index is 99.2. The maximum absolute atomic E-state index is 3.61. The Morgan fingerprint density at radius 1 is 1.17 bits per heavy atom. The Hall–Kier alpha value is 0.480. The first kappa shape index (κ1) is 12.5. The van der Waals surface area contributed by atoms with Gasteiger partial charge in [0.25, 0.3) is 0 Å². The van der Waals surface area contributed by atoms with Crippen molar-refractivity contribution in [2.45, 2.75) is 47.0 Å². The minimum Gasteiger partial charge on any atom is -0.0925 e. The van der Waals surface area contributed by atoms with E-state index in [0.29, 0.717) is 0 Å². The lowest BCUT2D eigenvalue weighted by molar-refractivity contribution is 0.313. The molecular weight excluding hydrogens is 212 g/mol. The highest BCUT2D eigenvalue weighted by molar-refractivity contribution is 9.09. The molecule has 0 spiro atoms. The predicted molar refractivity (Wildman–Crippen MR) is 60.8 cm³/mol. The van der Waals surface area contributed by atoms with Crippen LogP contribution >= 0.6 is 15.9 Å². The van der Waals surface area contributed by atoms with Crippen LogP contribution in [0.3, 0.4) is 0 Å². The van der Waals surface area contributed by atoms with Crippen molar-refractivity contribution in [3.8, 4) is 0 Å². The zero-order valence-electron chi connectivity index (χ0n) is 8.94. The summed E-state index contributed by atoms with van der Waals surface area (Å²) in [6.07, 6.45) is 4.07. The van der Waals surface area contributed by atoms with E-state index >= 15 is 0 Å². The van der Waals surface area contributed by atoms with Gasteiger partial charge < -0.3 is 0 Å². The molecule has 0 nitrogen and oxygen atoms in total. The molecule has 0 fully saturated rings. The molecule has 0 rings (SSSR count). The molecule has 2 unspecified atom stereocenters. The second-order valence-electron chi connectivity index (χ2n) is 4.31. The molecule has 2 atom stereocenters. The van der Waals surface area contributed by atoms with Crippen molar-refractivity contribution in [3.63, 3.8) is 0 Å². The Labute approximate surface area is 86.3 Å². The standard InChI is InChI=1S/C11H23Br/c1-5-6-10(4)11(8-12)7-9(2)3/h9-11H,5-8H2,1-4H3. The van der Waals surface area contributed by atoms with E-state index in [0.717, 1.165) is 17.8 Å². The monoisotopic (exact) mass is 234 g/mol. The molecule has 0 aromatic heterocycles. The normalized spacial score (nSPS) is 16.5. The summed E-state index contributed by atoms with van der Waals surface area (Å²) in [5.41, 5.74) is 0. The summed E-state index contributed by atoms with van der Waals surface area (Å²) in [5.74, 6) is 2.61. The minimum absolute atomic E-state index is 0.840. The molecule has 1 heteroatoms. The van der Waals surface area contributed by atoms with Gasteiger partial charge in [-0.2, -0.15) is 0 Å². The van der Waals surface area contributed by atoms with Crippen molar-refractivity contribution in [1.29, 1.82) is 0 Å². The Morgan fingerprint density at radius 2 is 1.75 bits per heavy atom. The highest BCUT2D eigenvalue weighted by atomic mass is 79.9. The highest BCUT2D eigenvalue weighted by Crippen LogP contribution is 2.25. The fourth-order valence-electron chi connectivity index (χ4n) is 1.74. The first-order valence-corrected chi connectivity index (χ1v) is 6.29. The number of rotatable bonds is 6. The van der Waals surface area contributed by atoms with Crippen LogP contribution in [0.4, 0.5) is 0 Å². The van der Waals surface area contributed by atoms with Crippen molar-refractivity contribution >= 4 is 15.9 Å². The van der Waals surface area contributed by atoms with Crippen molar-refractivity contribution in [1.82, 2.24) is 0 Å². The largest absolute Gasteiger partial charge is 0.0925 e. The lowest BCUT2D eigenvalue weighted by Gasteiger charge is -2.23. The number of halogens is 1. The fraction of sp³-hybridized carbons (Fsp3) is 1.00. The van der Waals surface area contributed by atoms with Crippen LogP contribution in [-0.2, 0) is 0 Å². The third-order valence-electron chi connectivity index (χ3n) is 2.52. The van der Waals surface area contributed by atoms with Gasteiger partial charge in [0.1, 0.15) is 0 Å². The summed E-state index contributed by atoms with van der Waals surface area (Å²) >= 11 is 3.61. The lowest BCUT2D eigenvalue weighted by Crippen LogP contribution is -2.15. The van der Waals surface area contributed by atoms with Crippen molar-refractivity contribution in [2.24, 2.45) is 17.8 Å². The van der Waals surface area contributed by atoms with Gasteiger partial charge >= 0.3 is 0 Å². The average molecular weight is 235 g/mol. The van der Waals surface area contributed by atoms with Crippen molar-refractivity contribution in [2.75, 3.05) is 5.33 Å². The fourth-order valence-corrected chi connectivity index (χ4v) is 2.65. The first-order valence-electron chi connectivity index (χ1n) is 5.17. The Morgan fingerprint density at radius 3 is 2.08 bits per heavy atom.